The Bertz CT molecular complexity index is 501. The summed E-state index contributed by atoms with van der Waals surface area (Å²) in [6.07, 6.45) is 11.1. The topological polar surface area (TPSA) is 137 Å². The number of rotatable bonds is 21. The van der Waals surface area contributed by atoms with Crippen LogP contribution in [0.1, 0.15) is 116 Å². The summed E-state index contributed by atoms with van der Waals surface area (Å²) in [6.45, 7) is 1.75. The maximum atomic E-state index is 10.8. The summed E-state index contributed by atoms with van der Waals surface area (Å²) in [7, 11) is 0. The van der Waals surface area contributed by atoms with E-state index in [9.17, 15) is 25.2 Å². The fraction of sp³-hybridized carbons (Fsp3) is 0.962. The molecule has 0 aliphatic carbocycles. The van der Waals surface area contributed by atoms with Crippen LogP contribution in [0, 0.1) is 0 Å². The summed E-state index contributed by atoms with van der Waals surface area (Å²) in [5.41, 5.74) is 0. The van der Waals surface area contributed by atoms with Crippen molar-refractivity contribution in [3.63, 3.8) is 0 Å². The second-order valence-electron chi connectivity index (χ2n) is 9.77. The van der Waals surface area contributed by atoms with Crippen LogP contribution < -0.4 is 0 Å². The average molecular weight is 491 g/mol. The van der Waals surface area contributed by atoms with Crippen molar-refractivity contribution in [1.82, 2.24) is 0 Å². The predicted octanol–water partition coefficient (Wildman–Crippen LogP) is 3.91. The highest BCUT2D eigenvalue weighted by Gasteiger charge is 2.44. The van der Waals surface area contributed by atoms with Crippen LogP contribution in [0.25, 0.3) is 0 Å². The van der Waals surface area contributed by atoms with Gasteiger partial charge in [0.2, 0.25) is 0 Å². The van der Waals surface area contributed by atoms with Gasteiger partial charge in [-0.2, -0.15) is 0 Å². The third-order valence-electron chi connectivity index (χ3n) is 6.72. The van der Waals surface area contributed by atoms with E-state index in [2.05, 4.69) is 6.92 Å². The number of hydrogen-bond donors (Lipinski definition) is 5. The van der Waals surface area contributed by atoms with E-state index in [1.165, 1.54) is 64.2 Å². The Labute approximate surface area is 205 Å². The van der Waals surface area contributed by atoms with Gasteiger partial charge in [-0.25, -0.2) is 0 Å². The van der Waals surface area contributed by atoms with Crippen molar-refractivity contribution in [2.24, 2.45) is 0 Å². The molecule has 34 heavy (non-hydrogen) atoms. The molecule has 1 aliphatic rings. The largest absolute Gasteiger partial charge is 0.481 e. The molecule has 8 nitrogen and oxygen atoms in total. The van der Waals surface area contributed by atoms with E-state index in [4.69, 9.17) is 14.6 Å². The SMILES string of the molecule is CCCCCCCCCCCCCC[C@@H](CCCCC(=O)O)O[C@@H]1O[C@H](CO)[C@@H](O)[C@H](O)[C@H]1O. The zero-order valence-electron chi connectivity index (χ0n) is 21.2. The summed E-state index contributed by atoms with van der Waals surface area (Å²) >= 11 is 0. The molecule has 0 spiro atoms. The van der Waals surface area contributed by atoms with Crippen LogP contribution in [-0.4, -0.2) is 74.9 Å². The van der Waals surface area contributed by atoms with Crippen LogP contribution in [0.3, 0.4) is 0 Å². The lowest BCUT2D eigenvalue weighted by molar-refractivity contribution is -0.312. The molecule has 0 aromatic heterocycles. The second kappa shape index (κ2) is 19.4. The molecule has 0 amide bonds. The lowest BCUT2D eigenvalue weighted by atomic mass is 9.98. The molecule has 0 aromatic carbocycles. The number of unbranched alkanes of at least 4 members (excludes halogenated alkanes) is 12. The van der Waals surface area contributed by atoms with Gasteiger partial charge in [0.1, 0.15) is 24.4 Å². The molecule has 0 saturated carbocycles. The highest BCUT2D eigenvalue weighted by Crippen LogP contribution is 2.26. The van der Waals surface area contributed by atoms with Gasteiger partial charge in [-0.3, -0.25) is 4.79 Å². The quantitative estimate of drug-likeness (QED) is 0.153. The minimum atomic E-state index is -1.46. The molecule has 1 saturated heterocycles. The monoisotopic (exact) mass is 490 g/mol. The summed E-state index contributed by atoms with van der Waals surface area (Å²) in [5.74, 6) is -0.827. The first-order valence-electron chi connectivity index (χ1n) is 13.6. The van der Waals surface area contributed by atoms with Crippen molar-refractivity contribution in [2.45, 2.75) is 153 Å². The van der Waals surface area contributed by atoms with Crippen molar-refractivity contribution < 1.29 is 39.8 Å². The van der Waals surface area contributed by atoms with E-state index < -0.39 is 43.3 Å². The van der Waals surface area contributed by atoms with Crippen molar-refractivity contribution in [2.75, 3.05) is 6.61 Å². The Balaban J connectivity index is 2.34. The number of carboxylic acids is 1. The second-order valence-corrected chi connectivity index (χ2v) is 9.77. The Morgan fingerprint density at radius 3 is 1.76 bits per heavy atom. The van der Waals surface area contributed by atoms with Gasteiger partial charge in [0.05, 0.1) is 12.7 Å². The zero-order chi connectivity index (χ0) is 25.2. The van der Waals surface area contributed by atoms with Crippen LogP contribution in [0.4, 0.5) is 0 Å². The minimum absolute atomic E-state index is 0.103. The van der Waals surface area contributed by atoms with Gasteiger partial charge in [0, 0.05) is 6.42 Å². The number of carbonyl (C=O) groups is 1. The van der Waals surface area contributed by atoms with E-state index >= 15 is 0 Å². The number of carboxylic acid groups (broad SMARTS) is 1. The van der Waals surface area contributed by atoms with Gasteiger partial charge in [-0.1, -0.05) is 90.4 Å². The first-order valence-corrected chi connectivity index (χ1v) is 13.6. The number of aliphatic carboxylic acids is 1. The van der Waals surface area contributed by atoms with Gasteiger partial charge in [0.25, 0.3) is 0 Å². The predicted molar refractivity (Wildman–Crippen MR) is 130 cm³/mol. The summed E-state index contributed by atoms with van der Waals surface area (Å²) in [6, 6.07) is 0. The highest BCUT2D eigenvalue weighted by molar-refractivity contribution is 5.66. The highest BCUT2D eigenvalue weighted by atomic mass is 16.7. The molecule has 8 heteroatoms. The summed E-state index contributed by atoms with van der Waals surface area (Å²) in [4.78, 5) is 10.8. The molecule has 0 unspecified atom stereocenters. The van der Waals surface area contributed by atoms with Crippen LogP contribution in [0.2, 0.25) is 0 Å². The molecule has 0 bridgehead atoms. The number of aliphatic hydroxyl groups excluding tert-OH is 4. The van der Waals surface area contributed by atoms with E-state index in [1.807, 2.05) is 0 Å². The number of hydrogen-bond acceptors (Lipinski definition) is 7. The van der Waals surface area contributed by atoms with E-state index in [-0.39, 0.29) is 12.5 Å². The average Bonchev–Trinajstić information content (AvgIpc) is 2.82. The Kier molecular flexibility index (Phi) is 17.9. The summed E-state index contributed by atoms with van der Waals surface area (Å²) < 4.78 is 11.5. The standard InChI is InChI=1S/C26H50O8/c1-2-3-4-5-6-7-8-9-10-11-12-13-16-20(17-14-15-18-22(28)29)33-26-25(32)24(31)23(30)21(19-27)34-26/h20-21,23-27,30-32H,2-19H2,1H3,(H,28,29)/t20-,21+,23+,24-,25+,26+/m0/s1. The number of ether oxygens (including phenoxy) is 2. The first kappa shape index (κ1) is 31.3. The molecule has 0 radical (unpaired) electrons. The van der Waals surface area contributed by atoms with E-state index in [0.29, 0.717) is 19.3 Å². The molecule has 5 N–H and O–H groups in total. The molecule has 1 rings (SSSR count). The molecule has 0 aromatic rings. The van der Waals surface area contributed by atoms with Crippen LogP contribution in [0.15, 0.2) is 0 Å². The van der Waals surface area contributed by atoms with Gasteiger partial charge in [0.15, 0.2) is 6.29 Å². The van der Waals surface area contributed by atoms with Gasteiger partial charge < -0.3 is 35.0 Å². The van der Waals surface area contributed by atoms with Crippen molar-refractivity contribution in [3.05, 3.63) is 0 Å². The maximum absolute atomic E-state index is 10.8. The summed E-state index contributed by atoms with van der Waals surface area (Å²) in [5, 5.41) is 48.5. The fourth-order valence-electron chi connectivity index (χ4n) is 4.51. The molecule has 1 heterocycles. The van der Waals surface area contributed by atoms with Gasteiger partial charge >= 0.3 is 5.97 Å². The normalized spacial score (nSPS) is 26.0. The van der Waals surface area contributed by atoms with E-state index in [0.717, 1.165) is 19.3 Å². The third-order valence-corrected chi connectivity index (χ3v) is 6.72. The maximum Gasteiger partial charge on any atom is 0.303 e. The van der Waals surface area contributed by atoms with Crippen LogP contribution >= 0.6 is 0 Å². The third kappa shape index (κ3) is 13.4. The van der Waals surface area contributed by atoms with Crippen molar-refractivity contribution in [3.8, 4) is 0 Å². The zero-order valence-corrected chi connectivity index (χ0v) is 21.2. The smallest absolute Gasteiger partial charge is 0.303 e. The lowest BCUT2D eigenvalue weighted by Gasteiger charge is -2.41. The van der Waals surface area contributed by atoms with Crippen molar-refractivity contribution in [1.29, 1.82) is 0 Å². The fourth-order valence-corrected chi connectivity index (χ4v) is 4.51. The molecule has 6 atom stereocenters. The molecular weight excluding hydrogens is 440 g/mol. The Morgan fingerprint density at radius 2 is 1.26 bits per heavy atom. The first-order chi connectivity index (χ1) is 16.4. The van der Waals surface area contributed by atoms with Crippen LogP contribution in [0.5, 0.6) is 0 Å². The Hall–Kier alpha value is -0.770. The minimum Gasteiger partial charge on any atom is -0.481 e. The molecule has 202 valence electrons. The van der Waals surface area contributed by atoms with Crippen LogP contribution in [-0.2, 0) is 14.3 Å². The van der Waals surface area contributed by atoms with Gasteiger partial charge in [-0.15, -0.1) is 0 Å². The number of aliphatic hydroxyl groups is 4. The van der Waals surface area contributed by atoms with Gasteiger partial charge in [-0.05, 0) is 19.3 Å². The molecule has 1 aliphatic heterocycles. The molecule has 1 fully saturated rings. The molecular formula is C26H50O8. The lowest BCUT2D eigenvalue weighted by Crippen LogP contribution is -2.59. The van der Waals surface area contributed by atoms with E-state index in [1.54, 1.807) is 0 Å². The van der Waals surface area contributed by atoms with Crippen molar-refractivity contribution >= 4 is 5.97 Å². The Morgan fingerprint density at radius 1 is 0.765 bits per heavy atom.